The third-order valence-corrected chi connectivity index (χ3v) is 9.19. The molecule has 0 aromatic carbocycles. The zero-order chi connectivity index (χ0) is 31.6. The van der Waals surface area contributed by atoms with E-state index >= 15 is 0 Å². The predicted octanol–water partition coefficient (Wildman–Crippen LogP) is 2.08. The van der Waals surface area contributed by atoms with Crippen LogP contribution in [0.1, 0.15) is 71.6 Å². The summed E-state index contributed by atoms with van der Waals surface area (Å²) in [5.41, 5.74) is 9.08. The van der Waals surface area contributed by atoms with Crippen molar-refractivity contribution >= 4 is 70.6 Å². The number of aliphatic carboxylic acids is 1. The molecule has 5 heterocycles. The number of aromatic nitrogens is 3. The van der Waals surface area contributed by atoms with Crippen molar-refractivity contribution in [2.24, 2.45) is 11.8 Å². The Labute approximate surface area is 277 Å². The molecule has 0 saturated carbocycles. The topological polar surface area (TPSA) is 140 Å². The van der Waals surface area contributed by atoms with Crippen LogP contribution in [0.2, 0.25) is 0 Å². The first-order valence-corrected chi connectivity index (χ1v) is 14.7. The first kappa shape index (κ1) is 32.2. The minimum atomic E-state index is -1.14. The van der Waals surface area contributed by atoms with E-state index in [1.54, 1.807) is 6.08 Å². The van der Waals surface area contributed by atoms with Crippen LogP contribution in [-0.2, 0) is 20.7 Å². The van der Waals surface area contributed by atoms with Crippen molar-refractivity contribution in [1.29, 1.82) is 0 Å². The van der Waals surface area contributed by atoms with Crippen LogP contribution in [0.5, 0.6) is 0 Å². The summed E-state index contributed by atoms with van der Waals surface area (Å²) in [6.07, 6.45) is 8.46. The van der Waals surface area contributed by atoms with E-state index in [9.17, 15) is 19.8 Å². The average molecular weight is 615 g/mol. The summed E-state index contributed by atoms with van der Waals surface area (Å²) in [7, 11) is 1.27. The van der Waals surface area contributed by atoms with Gasteiger partial charge in [0.2, 0.25) is 0 Å². The van der Waals surface area contributed by atoms with Crippen LogP contribution >= 0.6 is 0 Å². The van der Waals surface area contributed by atoms with Crippen molar-refractivity contribution in [2.45, 2.75) is 53.9 Å². The van der Waals surface area contributed by atoms with Gasteiger partial charge in [-0.25, -0.2) is 0 Å². The predicted molar refractivity (Wildman–Crippen MR) is 174 cm³/mol. The minimum absolute atomic E-state index is 0. The van der Waals surface area contributed by atoms with Gasteiger partial charge in [-0.15, -0.1) is 38.8 Å². The Morgan fingerprint density at radius 2 is 1.69 bits per heavy atom. The standard InChI is InChI=1S/C35H34N4O5.Mg/c1-8-19-15(3)22-12-24-17(5)21(10-11-28(40)41)32(38-24)30-31(35(43)44-7)34(42)29-18(6)25(39-33(29)30)14-27-20(9-2)16(4)23(37-27)13-26(19)36-22;/h8,12-14,17,31,42H,1,9-11H2,2-7H3,(H,40,41);/q-4;+2/b23-13-,24-12-,27-14-;/t17-,31+;/m0./s1. The number of methoxy groups -OCH3 is 1. The first-order chi connectivity index (χ1) is 21.0. The smallest absolute Gasteiger partial charge is 0.661 e. The number of fused-ring (bicyclic) bond motifs is 8. The molecule has 2 atom stereocenters. The van der Waals surface area contributed by atoms with Crippen LogP contribution < -0.4 is 36.2 Å². The van der Waals surface area contributed by atoms with E-state index in [4.69, 9.17) is 25.0 Å². The minimum Gasteiger partial charge on any atom is -0.661 e. The third kappa shape index (κ3) is 5.00. The van der Waals surface area contributed by atoms with Crippen LogP contribution in [-0.4, -0.2) is 52.3 Å². The summed E-state index contributed by atoms with van der Waals surface area (Å²) in [6, 6.07) is 0. The fraction of sp³-hybridized carbons (Fsp3) is 0.314. The molecule has 0 unspecified atom stereocenters. The van der Waals surface area contributed by atoms with E-state index in [0.717, 1.165) is 56.3 Å². The third-order valence-electron chi connectivity index (χ3n) is 9.19. The van der Waals surface area contributed by atoms with Gasteiger partial charge >= 0.3 is 35.0 Å². The van der Waals surface area contributed by atoms with Crippen LogP contribution in [0.4, 0.5) is 0 Å². The molecule has 0 fully saturated rings. The molecular weight excluding hydrogens is 581 g/mol. The number of nitrogens with zero attached hydrogens (tertiary/aromatic N) is 4. The summed E-state index contributed by atoms with van der Waals surface area (Å²) in [5, 5.41) is 28.7. The zero-order valence-electron chi connectivity index (χ0n) is 26.4. The number of carbonyl (C=O) groups is 2. The number of carbonyl (C=O) groups excluding carboxylic acids is 1. The average Bonchev–Trinajstić information content (AvgIpc) is 3.72. The van der Waals surface area contributed by atoms with E-state index in [1.165, 1.54) is 7.11 Å². The molecule has 0 saturated heterocycles. The van der Waals surface area contributed by atoms with Gasteiger partial charge in [0.05, 0.1) is 7.11 Å². The van der Waals surface area contributed by atoms with Crippen molar-refractivity contribution < 1.29 is 24.5 Å². The quantitative estimate of drug-likeness (QED) is 0.318. The van der Waals surface area contributed by atoms with Gasteiger partial charge in [0.1, 0.15) is 11.7 Å². The van der Waals surface area contributed by atoms with E-state index in [0.29, 0.717) is 38.8 Å². The Kier molecular flexibility index (Phi) is 8.58. The van der Waals surface area contributed by atoms with Crippen LogP contribution in [0.15, 0.2) is 23.5 Å². The van der Waals surface area contributed by atoms with Gasteiger partial charge < -0.3 is 35.2 Å². The molecule has 45 heavy (non-hydrogen) atoms. The number of esters is 1. The SMILES string of the molecule is C=Cc1c2[n-]c(c1C)/C=C1\[N-]C(=C(CCC(=O)O)[C@@H]1C)C1=c3[n-]c(c(C)c3=C(O)[C@@H]1C(=O)OC)/C=c1\[n-]/c(c(C)c1CC)=C\2.[Mg+2]. The molecule has 228 valence electrons. The van der Waals surface area contributed by atoms with Crippen LogP contribution in [0.25, 0.3) is 41.0 Å². The van der Waals surface area contributed by atoms with Gasteiger partial charge in [-0.05, 0) is 45.1 Å². The fourth-order valence-corrected chi connectivity index (χ4v) is 6.72. The molecular formula is C35H34MgN4O5-2. The number of ether oxygens (including phenoxy) is 1. The van der Waals surface area contributed by atoms with Crippen LogP contribution in [0, 0.1) is 32.6 Å². The Bertz CT molecular complexity index is 2100. The monoisotopic (exact) mass is 614 g/mol. The molecule has 0 spiro atoms. The van der Waals surface area contributed by atoms with Crippen LogP contribution in [0.3, 0.4) is 0 Å². The summed E-state index contributed by atoms with van der Waals surface area (Å²) in [5.74, 6) is -3.15. The molecule has 3 aromatic rings. The first-order valence-electron chi connectivity index (χ1n) is 14.7. The molecule has 2 aliphatic heterocycles. The van der Waals surface area contributed by atoms with Gasteiger partial charge in [-0.2, -0.15) is 5.70 Å². The number of aliphatic hydroxyl groups is 1. The number of aliphatic hydroxyl groups excluding tert-OH is 1. The van der Waals surface area contributed by atoms with Crippen molar-refractivity contribution in [3.63, 3.8) is 0 Å². The molecule has 0 radical (unpaired) electrons. The van der Waals surface area contributed by atoms with Gasteiger partial charge in [0, 0.05) is 11.6 Å². The molecule has 9 nitrogen and oxygen atoms in total. The molecule has 8 bridgehead atoms. The molecule has 10 heteroatoms. The number of carboxylic acid groups (broad SMARTS) is 1. The second-order valence-corrected chi connectivity index (χ2v) is 11.5. The Morgan fingerprint density at radius 1 is 1.00 bits per heavy atom. The Balaban J connectivity index is 0.00000400. The van der Waals surface area contributed by atoms with E-state index < -0.39 is 17.9 Å². The maximum atomic E-state index is 13.2. The van der Waals surface area contributed by atoms with E-state index in [2.05, 4.69) is 20.4 Å². The largest absolute Gasteiger partial charge is 2.00 e. The molecule has 3 aromatic heterocycles. The summed E-state index contributed by atoms with van der Waals surface area (Å²) < 4.78 is 5.14. The second-order valence-electron chi connectivity index (χ2n) is 11.5. The second kappa shape index (κ2) is 12.0. The van der Waals surface area contributed by atoms with Gasteiger partial charge in [-0.1, -0.05) is 78.1 Å². The molecule has 3 aliphatic rings. The van der Waals surface area contributed by atoms with E-state index in [-0.39, 0.29) is 47.6 Å². The van der Waals surface area contributed by atoms with Gasteiger partial charge in [0.25, 0.3) is 0 Å². The molecule has 0 amide bonds. The normalized spacial score (nSPS) is 20.8. The molecule has 6 rings (SSSR count). The van der Waals surface area contributed by atoms with Crippen molar-refractivity contribution in [1.82, 2.24) is 15.0 Å². The number of carboxylic acids is 1. The van der Waals surface area contributed by atoms with Crippen molar-refractivity contribution in [3.05, 3.63) is 95.0 Å². The molecule has 2 N–H and O–H groups in total. The number of hydrogen-bond acceptors (Lipinski definition) is 4. The maximum Gasteiger partial charge on any atom is 2.00 e. The van der Waals surface area contributed by atoms with Crippen molar-refractivity contribution in [2.75, 3.05) is 7.11 Å². The number of hydrogen-bond donors (Lipinski definition) is 2. The number of allylic oxidation sites excluding steroid dienone is 2. The van der Waals surface area contributed by atoms with Crippen molar-refractivity contribution in [3.8, 4) is 0 Å². The van der Waals surface area contributed by atoms with Gasteiger partial charge in [0.15, 0.2) is 0 Å². The number of rotatable bonds is 6. The maximum absolute atomic E-state index is 13.2. The van der Waals surface area contributed by atoms with Gasteiger partial charge in [-0.3, -0.25) is 9.59 Å². The van der Waals surface area contributed by atoms with E-state index in [1.807, 2.05) is 39.0 Å². The molecule has 1 aliphatic carbocycles. The summed E-state index contributed by atoms with van der Waals surface area (Å²) in [6.45, 7) is 14.0. The summed E-state index contributed by atoms with van der Waals surface area (Å²) in [4.78, 5) is 39.9. The Hall–Kier alpha value is -4.15. The Morgan fingerprint density at radius 3 is 2.33 bits per heavy atom. The summed E-state index contributed by atoms with van der Waals surface area (Å²) >= 11 is 0. The fourth-order valence-electron chi connectivity index (χ4n) is 6.72. The zero-order valence-corrected chi connectivity index (χ0v) is 27.8.